The molecule has 0 saturated heterocycles. The van der Waals surface area contributed by atoms with E-state index >= 15 is 0 Å². The number of fused-ring (bicyclic) bond motifs is 2. The van der Waals surface area contributed by atoms with Crippen LogP contribution < -0.4 is 14.9 Å². The van der Waals surface area contributed by atoms with Crippen molar-refractivity contribution in [2.24, 2.45) is 0 Å². The van der Waals surface area contributed by atoms with Crippen LogP contribution in [-0.2, 0) is 11.0 Å². The highest BCUT2D eigenvalue weighted by atomic mass is 19.4. The molecule has 0 fully saturated rings. The number of esters is 1. The van der Waals surface area contributed by atoms with Crippen molar-refractivity contribution < 1.29 is 36.8 Å². The Morgan fingerprint density at radius 3 is 2.40 bits per heavy atom. The highest BCUT2D eigenvalue weighted by Gasteiger charge is 2.40. The first-order chi connectivity index (χ1) is 19.1. The first kappa shape index (κ1) is 26.2. The van der Waals surface area contributed by atoms with Crippen LogP contribution in [0.4, 0.5) is 18.9 Å². The van der Waals surface area contributed by atoms with E-state index in [4.69, 9.17) is 13.9 Å². The first-order valence-electron chi connectivity index (χ1n) is 11.6. The van der Waals surface area contributed by atoms with Crippen molar-refractivity contribution in [3.8, 4) is 17.2 Å². The van der Waals surface area contributed by atoms with Crippen molar-refractivity contribution >= 4 is 39.5 Å². The highest BCUT2D eigenvalue weighted by molar-refractivity contribution is 5.90. The van der Waals surface area contributed by atoms with Crippen molar-refractivity contribution in [2.45, 2.75) is 6.18 Å². The molecular weight excluding hydrogens is 531 g/mol. The van der Waals surface area contributed by atoms with Gasteiger partial charge in [-0.2, -0.15) is 13.2 Å². The molecule has 0 atom stereocenters. The van der Waals surface area contributed by atoms with Crippen molar-refractivity contribution in [3.63, 3.8) is 0 Å². The van der Waals surface area contributed by atoms with Gasteiger partial charge in [0.25, 0.3) is 11.4 Å². The molecule has 40 heavy (non-hydrogen) atoms. The number of nitro groups is 1. The molecule has 0 bridgehead atoms. The summed E-state index contributed by atoms with van der Waals surface area (Å²) in [5, 5.41) is 12.2. The summed E-state index contributed by atoms with van der Waals surface area (Å²) in [5.41, 5.74) is -1.37. The van der Waals surface area contributed by atoms with Gasteiger partial charge in [-0.05, 0) is 46.7 Å². The van der Waals surface area contributed by atoms with Gasteiger partial charge in [-0.3, -0.25) is 14.9 Å². The fraction of sp³-hybridized carbons (Fsp3) is 0.0345. The second-order valence-corrected chi connectivity index (χ2v) is 8.46. The molecule has 200 valence electrons. The second-order valence-electron chi connectivity index (χ2n) is 8.46. The number of hydrogen-bond donors (Lipinski definition) is 0. The number of halogens is 3. The third-order valence-electron chi connectivity index (χ3n) is 5.73. The van der Waals surface area contributed by atoms with E-state index in [1.54, 1.807) is 18.2 Å². The lowest BCUT2D eigenvalue weighted by Crippen LogP contribution is -2.15. The third kappa shape index (κ3) is 5.53. The van der Waals surface area contributed by atoms with Gasteiger partial charge in [0.1, 0.15) is 17.1 Å². The lowest BCUT2D eigenvalue weighted by molar-refractivity contribution is -0.384. The van der Waals surface area contributed by atoms with Crippen LogP contribution in [0.15, 0.2) is 100 Å². The zero-order valence-electron chi connectivity index (χ0n) is 20.2. The Labute approximate surface area is 222 Å². The molecule has 0 N–H and O–H groups in total. The minimum absolute atomic E-state index is 0.0111. The largest absolute Gasteiger partial charge is 0.453 e. The average Bonchev–Trinajstić information content (AvgIpc) is 2.92. The zero-order chi connectivity index (χ0) is 28.4. The molecule has 0 saturated carbocycles. The minimum atomic E-state index is -5.08. The number of ether oxygens (including phenoxy) is 2. The van der Waals surface area contributed by atoms with E-state index in [9.17, 15) is 32.9 Å². The molecule has 5 rings (SSSR count). The Balaban J connectivity index is 1.45. The number of nitro benzene ring substituents is 1. The van der Waals surface area contributed by atoms with E-state index in [2.05, 4.69) is 0 Å². The van der Waals surface area contributed by atoms with Gasteiger partial charge in [0.15, 0.2) is 0 Å². The van der Waals surface area contributed by atoms with Crippen LogP contribution in [-0.4, -0.2) is 10.9 Å². The fourth-order valence-corrected chi connectivity index (χ4v) is 3.90. The van der Waals surface area contributed by atoms with Gasteiger partial charge in [0.2, 0.25) is 11.2 Å². The topological polar surface area (TPSA) is 109 Å². The van der Waals surface area contributed by atoms with E-state index in [1.807, 2.05) is 12.1 Å². The molecule has 0 aliphatic carbocycles. The smallest absolute Gasteiger partial charge is 0.449 e. The molecule has 8 nitrogen and oxygen atoms in total. The maximum atomic E-state index is 13.9. The van der Waals surface area contributed by atoms with Gasteiger partial charge in [-0.15, -0.1) is 0 Å². The van der Waals surface area contributed by atoms with Crippen LogP contribution in [0.2, 0.25) is 0 Å². The number of hydrogen-bond acceptors (Lipinski definition) is 7. The molecule has 4 aromatic carbocycles. The molecule has 0 aliphatic rings. The van der Waals surface area contributed by atoms with Gasteiger partial charge in [-0.25, -0.2) is 4.79 Å². The molecule has 0 amide bonds. The Hall–Kier alpha value is -5.45. The number of carbonyl (C=O) groups is 1. The Morgan fingerprint density at radius 2 is 1.65 bits per heavy atom. The van der Waals surface area contributed by atoms with Crippen molar-refractivity contribution in [3.05, 3.63) is 123 Å². The number of non-ortho nitro benzene ring substituents is 1. The predicted molar refractivity (Wildman–Crippen MR) is 139 cm³/mol. The van der Waals surface area contributed by atoms with E-state index < -0.39 is 39.6 Å². The van der Waals surface area contributed by atoms with Crippen molar-refractivity contribution in [1.29, 1.82) is 0 Å². The Bertz CT molecular complexity index is 1880. The predicted octanol–water partition coefficient (Wildman–Crippen LogP) is 7.28. The lowest BCUT2D eigenvalue weighted by Gasteiger charge is -2.14. The van der Waals surface area contributed by atoms with E-state index in [-0.39, 0.29) is 22.6 Å². The number of alkyl halides is 3. The summed E-state index contributed by atoms with van der Waals surface area (Å²) in [6, 6.07) is 20.5. The van der Waals surface area contributed by atoms with Crippen LogP contribution >= 0.6 is 0 Å². The van der Waals surface area contributed by atoms with Crippen molar-refractivity contribution in [2.75, 3.05) is 0 Å². The van der Waals surface area contributed by atoms with Crippen molar-refractivity contribution in [1.82, 2.24) is 0 Å². The molecule has 0 unspecified atom stereocenters. The molecule has 5 aromatic rings. The van der Waals surface area contributed by atoms with Crippen LogP contribution in [0.5, 0.6) is 17.2 Å². The lowest BCUT2D eigenvalue weighted by atomic mass is 10.1. The molecular formula is C29H16F3NO7. The zero-order valence-corrected chi connectivity index (χ0v) is 20.2. The van der Waals surface area contributed by atoms with Crippen LogP contribution in [0.3, 0.4) is 0 Å². The summed E-state index contributed by atoms with van der Waals surface area (Å²) < 4.78 is 57.3. The van der Waals surface area contributed by atoms with E-state index in [0.29, 0.717) is 10.9 Å². The molecule has 0 aliphatic heterocycles. The fourth-order valence-electron chi connectivity index (χ4n) is 3.90. The Morgan fingerprint density at radius 1 is 0.900 bits per heavy atom. The summed E-state index contributed by atoms with van der Waals surface area (Å²) in [7, 11) is 0. The summed E-state index contributed by atoms with van der Waals surface area (Å²) in [5.74, 6) is -3.77. The monoisotopic (exact) mass is 547 g/mol. The number of rotatable bonds is 6. The second kappa shape index (κ2) is 10.4. The SMILES string of the molecule is O=C(C=Cc1cccc([N+](=O)[O-])c1)Oc1ccc2c(=O)c(Oc3ccc4ccccc4c3)c(C(F)(F)F)oc2c1. The van der Waals surface area contributed by atoms with Gasteiger partial charge in [0, 0.05) is 24.3 Å². The van der Waals surface area contributed by atoms with Gasteiger partial charge in [0.05, 0.1) is 10.3 Å². The maximum Gasteiger partial charge on any atom is 0.453 e. The van der Waals surface area contributed by atoms with Crippen LogP contribution in [0.25, 0.3) is 27.8 Å². The highest BCUT2D eigenvalue weighted by Crippen LogP contribution is 2.39. The Kier molecular flexibility index (Phi) is 6.78. The normalized spacial score (nSPS) is 11.7. The molecule has 0 spiro atoms. The number of nitrogens with zero attached hydrogens (tertiary/aromatic N) is 1. The number of benzene rings is 4. The van der Waals surface area contributed by atoms with E-state index in [0.717, 1.165) is 23.6 Å². The maximum absolute atomic E-state index is 13.9. The van der Waals surface area contributed by atoms with E-state index in [1.165, 1.54) is 48.5 Å². The summed E-state index contributed by atoms with van der Waals surface area (Å²) in [6.07, 6.45) is -2.82. The average molecular weight is 547 g/mol. The first-order valence-corrected chi connectivity index (χ1v) is 11.6. The minimum Gasteiger partial charge on any atom is -0.449 e. The summed E-state index contributed by atoms with van der Waals surface area (Å²) in [6.45, 7) is 0. The molecule has 1 aromatic heterocycles. The summed E-state index contributed by atoms with van der Waals surface area (Å²) in [4.78, 5) is 35.6. The van der Waals surface area contributed by atoms with Gasteiger partial charge < -0.3 is 13.9 Å². The van der Waals surface area contributed by atoms with Crippen LogP contribution in [0, 0.1) is 10.1 Å². The molecule has 11 heteroatoms. The van der Waals surface area contributed by atoms with Gasteiger partial charge >= 0.3 is 12.1 Å². The molecule has 1 heterocycles. The van der Waals surface area contributed by atoms with Crippen LogP contribution in [0.1, 0.15) is 11.3 Å². The quantitative estimate of drug-likeness (QED) is 0.0722. The standard InChI is InChI=1S/C29H16F3NO7/c30-29(31,32)28-27(39-21-10-9-18-5-1-2-6-19(18)15-21)26(35)23-12-11-22(16-24(23)40-28)38-25(34)13-8-17-4-3-7-20(14-17)33(36)37/h1-16H. The number of carbonyl (C=O) groups excluding carboxylic acids is 1. The van der Waals surface area contributed by atoms with Gasteiger partial charge in [-0.1, -0.05) is 42.5 Å². The third-order valence-corrected chi connectivity index (χ3v) is 5.73. The molecule has 0 radical (unpaired) electrons. The summed E-state index contributed by atoms with van der Waals surface area (Å²) >= 11 is 0.